The van der Waals surface area contributed by atoms with Crippen LogP contribution in [0.3, 0.4) is 0 Å². The van der Waals surface area contributed by atoms with Crippen LogP contribution >= 0.6 is 0 Å². The molecule has 0 saturated carbocycles. The average molecular weight is 394 g/mol. The third-order valence-corrected chi connectivity index (χ3v) is 4.46. The molecule has 0 N–H and O–H groups in total. The summed E-state index contributed by atoms with van der Waals surface area (Å²) in [7, 11) is 0. The smallest absolute Gasteiger partial charge is 0.416 e. The van der Waals surface area contributed by atoms with Crippen LogP contribution in [-0.4, -0.2) is 28.8 Å². The van der Waals surface area contributed by atoms with Gasteiger partial charge in [-0.3, -0.25) is 14.9 Å². The fraction of sp³-hybridized carbons (Fsp3) is 0.316. The first-order chi connectivity index (χ1) is 13.3. The Morgan fingerprint density at radius 2 is 1.61 bits per heavy atom. The number of likely N-dealkylation sites (tertiary alicyclic amines) is 1. The van der Waals surface area contributed by atoms with Crippen molar-refractivity contribution in [3.05, 3.63) is 63.7 Å². The minimum absolute atomic E-state index is 0.101. The molecule has 1 amide bonds. The molecule has 2 aromatic carbocycles. The van der Waals surface area contributed by atoms with E-state index < -0.39 is 22.6 Å². The van der Waals surface area contributed by atoms with Crippen LogP contribution in [0.25, 0.3) is 0 Å². The standard InChI is InChI=1S/C19H17F3N2O4/c20-19(21,22)13-4-6-14(7-5-13)28-15-8-9-17(24(26)27)16(12-15)18(25)23-10-2-1-3-11-23/h4-9,12H,1-3,10-11H2. The number of hydrogen-bond donors (Lipinski definition) is 0. The number of piperidine rings is 1. The summed E-state index contributed by atoms with van der Waals surface area (Å²) >= 11 is 0. The van der Waals surface area contributed by atoms with Crippen molar-refractivity contribution >= 4 is 11.6 Å². The molecule has 28 heavy (non-hydrogen) atoms. The van der Waals surface area contributed by atoms with Crippen LogP contribution in [0.15, 0.2) is 42.5 Å². The maximum absolute atomic E-state index is 12.7. The minimum Gasteiger partial charge on any atom is -0.457 e. The number of amides is 1. The van der Waals surface area contributed by atoms with Gasteiger partial charge in [0.1, 0.15) is 17.1 Å². The fourth-order valence-corrected chi connectivity index (χ4v) is 3.02. The molecule has 1 aliphatic heterocycles. The van der Waals surface area contributed by atoms with Crippen LogP contribution in [-0.2, 0) is 6.18 Å². The normalized spacial score (nSPS) is 14.6. The van der Waals surface area contributed by atoms with Gasteiger partial charge in [0, 0.05) is 25.2 Å². The minimum atomic E-state index is -4.46. The highest BCUT2D eigenvalue weighted by molar-refractivity contribution is 5.98. The van der Waals surface area contributed by atoms with Gasteiger partial charge in [-0.05, 0) is 49.6 Å². The molecule has 0 bridgehead atoms. The lowest BCUT2D eigenvalue weighted by molar-refractivity contribution is -0.385. The number of carbonyl (C=O) groups is 1. The quantitative estimate of drug-likeness (QED) is 0.538. The van der Waals surface area contributed by atoms with E-state index >= 15 is 0 Å². The van der Waals surface area contributed by atoms with E-state index in [1.165, 1.54) is 12.1 Å². The first-order valence-corrected chi connectivity index (χ1v) is 8.68. The highest BCUT2D eigenvalue weighted by Gasteiger charge is 2.30. The topological polar surface area (TPSA) is 72.7 Å². The predicted octanol–water partition coefficient (Wildman–Crippen LogP) is 5.03. The molecule has 0 unspecified atom stereocenters. The van der Waals surface area contributed by atoms with Crippen LogP contribution in [0.4, 0.5) is 18.9 Å². The molecule has 1 aliphatic rings. The van der Waals surface area contributed by atoms with Gasteiger partial charge < -0.3 is 9.64 Å². The zero-order valence-electron chi connectivity index (χ0n) is 14.7. The van der Waals surface area contributed by atoms with Crippen molar-refractivity contribution in [3.8, 4) is 11.5 Å². The van der Waals surface area contributed by atoms with Gasteiger partial charge in [-0.1, -0.05) is 0 Å². The van der Waals surface area contributed by atoms with Crippen molar-refractivity contribution in [2.24, 2.45) is 0 Å². The number of rotatable bonds is 4. The van der Waals surface area contributed by atoms with Gasteiger partial charge >= 0.3 is 6.18 Å². The van der Waals surface area contributed by atoms with Gasteiger partial charge in [0.25, 0.3) is 11.6 Å². The second kappa shape index (κ2) is 7.87. The Bertz CT molecular complexity index is 876. The first kappa shape index (κ1) is 19.7. The summed E-state index contributed by atoms with van der Waals surface area (Å²) in [6, 6.07) is 7.78. The zero-order valence-corrected chi connectivity index (χ0v) is 14.7. The van der Waals surface area contributed by atoms with Gasteiger partial charge in [0.2, 0.25) is 0 Å². The lowest BCUT2D eigenvalue weighted by Gasteiger charge is -2.26. The highest BCUT2D eigenvalue weighted by Crippen LogP contribution is 2.33. The Morgan fingerprint density at radius 1 is 1.00 bits per heavy atom. The number of nitro groups is 1. The predicted molar refractivity (Wildman–Crippen MR) is 94.4 cm³/mol. The lowest BCUT2D eigenvalue weighted by atomic mass is 10.1. The summed E-state index contributed by atoms with van der Waals surface area (Å²) in [5.41, 5.74) is -1.25. The maximum atomic E-state index is 12.7. The van der Waals surface area contributed by atoms with E-state index in [9.17, 15) is 28.1 Å². The largest absolute Gasteiger partial charge is 0.457 e. The molecule has 1 fully saturated rings. The van der Waals surface area contributed by atoms with E-state index in [0.29, 0.717) is 13.1 Å². The maximum Gasteiger partial charge on any atom is 0.416 e. The Labute approximate surface area is 158 Å². The van der Waals surface area contributed by atoms with Gasteiger partial charge in [0.15, 0.2) is 0 Å². The summed E-state index contributed by atoms with van der Waals surface area (Å²) in [6.45, 7) is 1.06. The number of nitro benzene ring substituents is 1. The lowest BCUT2D eigenvalue weighted by Crippen LogP contribution is -2.35. The second-order valence-electron chi connectivity index (χ2n) is 6.41. The third kappa shape index (κ3) is 4.41. The molecule has 6 nitrogen and oxygen atoms in total. The Balaban J connectivity index is 1.86. The summed E-state index contributed by atoms with van der Waals surface area (Å²) in [5, 5.41) is 11.3. The molecule has 148 valence electrons. The molecule has 0 radical (unpaired) electrons. The van der Waals surface area contributed by atoms with Crippen LogP contribution in [0.5, 0.6) is 11.5 Å². The second-order valence-corrected chi connectivity index (χ2v) is 6.41. The van der Waals surface area contributed by atoms with Crippen molar-refractivity contribution in [3.63, 3.8) is 0 Å². The number of halogens is 3. The van der Waals surface area contributed by atoms with Crippen molar-refractivity contribution in [1.29, 1.82) is 0 Å². The third-order valence-electron chi connectivity index (χ3n) is 4.46. The van der Waals surface area contributed by atoms with Crippen molar-refractivity contribution in [1.82, 2.24) is 4.90 Å². The number of alkyl halides is 3. The number of carbonyl (C=O) groups excluding carboxylic acids is 1. The van der Waals surface area contributed by atoms with Crippen molar-refractivity contribution < 1.29 is 27.6 Å². The van der Waals surface area contributed by atoms with Crippen LogP contribution in [0.2, 0.25) is 0 Å². The summed E-state index contributed by atoms with van der Waals surface area (Å²) < 4.78 is 43.4. The van der Waals surface area contributed by atoms with Gasteiger partial charge in [0.05, 0.1) is 10.5 Å². The number of hydrogen-bond acceptors (Lipinski definition) is 4. The molecule has 1 saturated heterocycles. The van der Waals surface area contributed by atoms with Crippen molar-refractivity contribution in [2.75, 3.05) is 13.1 Å². The molecule has 0 atom stereocenters. The Hall–Kier alpha value is -3.10. The van der Waals surface area contributed by atoms with Crippen LogP contribution < -0.4 is 4.74 Å². The van der Waals surface area contributed by atoms with Crippen LogP contribution in [0.1, 0.15) is 35.2 Å². The number of benzene rings is 2. The van der Waals surface area contributed by atoms with Gasteiger partial charge in [-0.25, -0.2) is 0 Å². The Kier molecular flexibility index (Phi) is 5.53. The molecule has 1 heterocycles. The van der Waals surface area contributed by atoms with Crippen molar-refractivity contribution in [2.45, 2.75) is 25.4 Å². The average Bonchev–Trinajstić information content (AvgIpc) is 2.67. The van der Waals surface area contributed by atoms with Crippen LogP contribution in [0, 0.1) is 10.1 Å². The van der Waals surface area contributed by atoms with E-state index in [-0.39, 0.29) is 22.7 Å². The molecule has 0 aromatic heterocycles. The molecule has 9 heteroatoms. The molecule has 3 rings (SSSR count). The number of ether oxygens (including phenoxy) is 1. The SMILES string of the molecule is O=C(c1cc(Oc2ccc(C(F)(F)F)cc2)ccc1[N+](=O)[O-])N1CCCCC1. The molecule has 0 aliphatic carbocycles. The molecular formula is C19H17F3N2O4. The Morgan fingerprint density at radius 3 is 2.18 bits per heavy atom. The number of nitrogens with zero attached hydrogens (tertiary/aromatic N) is 2. The molecule has 2 aromatic rings. The first-order valence-electron chi connectivity index (χ1n) is 8.68. The summed E-state index contributed by atoms with van der Waals surface area (Å²) in [5.74, 6) is -0.201. The molecular weight excluding hydrogens is 377 g/mol. The van der Waals surface area contributed by atoms with E-state index in [1.54, 1.807) is 4.90 Å². The summed E-state index contributed by atoms with van der Waals surface area (Å²) in [4.78, 5) is 24.9. The van der Waals surface area contributed by atoms with Gasteiger partial charge in [-0.2, -0.15) is 13.2 Å². The zero-order chi connectivity index (χ0) is 20.3. The van der Waals surface area contributed by atoms with E-state index in [2.05, 4.69) is 0 Å². The monoisotopic (exact) mass is 394 g/mol. The fourth-order valence-electron chi connectivity index (χ4n) is 3.02. The van der Waals surface area contributed by atoms with E-state index in [1.807, 2.05) is 0 Å². The van der Waals surface area contributed by atoms with E-state index in [0.717, 1.165) is 49.6 Å². The summed E-state index contributed by atoms with van der Waals surface area (Å²) in [6.07, 6.45) is -1.79. The van der Waals surface area contributed by atoms with Gasteiger partial charge in [-0.15, -0.1) is 0 Å². The highest BCUT2D eigenvalue weighted by atomic mass is 19.4. The van der Waals surface area contributed by atoms with E-state index in [4.69, 9.17) is 4.74 Å². The molecule has 0 spiro atoms.